The first-order chi connectivity index (χ1) is 14.0. The predicted octanol–water partition coefficient (Wildman–Crippen LogP) is 5.56. The van der Waals surface area contributed by atoms with Crippen molar-refractivity contribution in [2.75, 3.05) is 0 Å². The number of pyridine rings is 2. The van der Waals surface area contributed by atoms with E-state index in [9.17, 15) is 0 Å². The second-order valence-electron chi connectivity index (χ2n) is 8.19. The Morgan fingerprint density at radius 3 is 2.14 bits per heavy atom. The summed E-state index contributed by atoms with van der Waals surface area (Å²) in [6, 6.07) is 16.3. The van der Waals surface area contributed by atoms with Crippen molar-refractivity contribution in [3.05, 3.63) is 66.5 Å². The minimum Gasteiger partial charge on any atom is -0.337 e. The molecule has 0 fully saturated rings. The number of hydrogen-bond acceptors (Lipinski definition) is 3. The molecule has 0 bridgehead atoms. The Labute approximate surface area is 170 Å². The van der Waals surface area contributed by atoms with Gasteiger partial charge in [-0.25, -0.2) is 4.98 Å². The molecule has 2 aromatic carbocycles. The van der Waals surface area contributed by atoms with E-state index in [-0.39, 0.29) is 0 Å². The topological polar surface area (TPSA) is 54.5 Å². The van der Waals surface area contributed by atoms with E-state index in [4.69, 9.17) is 4.98 Å². The molecule has 5 aromatic rings. The largest absolute Gasteiger partial charge is 0.337 e. The van der Waals surface area contributed by atoms with Crippen LogP contribution in [0.2, 0.25) is 19.6 Å². The van der Waals surface area contributed by atoms with Crippen molar-refractivity contribution >= 4 is 40.9 Å². The zero-order valence-electron chi connectivity index (χ0n) is 16.6. The molecular formula is C24H20N4Si. The quantitative estimate of drug-likeness (QED) is 0.231. The molecule has 5 rings (SSSR count). The van der Waals surface area contributed by atoms with E-state index in [0.29, 0.717) is 0 Å². The molecular weight excluding hydrogens is 372 g/mol. The molecule has 3 heterocycles. The fourth-order valence-corrected chi connectivity index (χ4v) is 3.97. The van der Waals surface area contributed by atoms with Gasteiger partial charge >= 0.3 is 0 Å². The molecule has 0 amide bonds. The maximum absolute atomic E-state index is 4.92. The number of benzene rings is 2. The van der Waals surface area contributed by atoms with Gasteiger partial charge in [0.2, 0.25) is 0 Å². The predicted molar refractivity (Wildman–Crippen MR) is 122 cm³/mol. The highest BCUT2D eigenvalue weighted by molar-refractivity contribution is 6.83. The van der Waals surface area contributed by atoms with E-state index in [1.807, 2.05) is 12.1 Å². The van der Waals surface area contributed by atoms with Gasteiger partial charge in [0.1, 0.15) is 13.9 Å². The first-order valence-corrected chi connectivity index (χ1v) is 13.1. The van der Waals surface area contributed by atoms with Crippen LogP contribution in [0.5, 0.6) is 0 Å². The molecule has 0 aliphatic rings. The number of H-pyrrole nitrogens is 1. The van der Waals surface area contributed by atoms with Gasteiger partial charge in [0.25, 0.3) is 0 Å². The Kier molecular flexibility index (Phi) is 3.97. The number of nitrogens with zero attached hydrogens (tertiary/aromatic N) is 3. The standard InChI is InChI=1S/C24H20N4Si/c1-29(2,3)15-12-16-8-10-17(11-9-16)24-27-22-18-6-4-13-25-20(18)21-19(23(22)28-24)7-5-14-26-21/h4-11,13-14H,1-3H3,(H,27,28). The van der Waals surface area contributed by atoms with Gasteiger partial charge in [0, 0.05) is 34.3 Å². The van der Waals surface area contributed by atoms with Gasteiger partial charge in [0.05, 0.1) is 22.1 Å². The van der Waals surface area contributed by atoms with E-state index in [0.717, 1.165) is 49.8 Å². The van der Waals surface area contributed by atoms with E-state index in [1.54, 1.807) is 12.4 Å². The number of aromatic amines is 1. The zero-order valence-corrected chi connectivity index (χ0v) is 17.6. The first kappa shape index (κ1) is 17.6. The van der Waals surface area contributed by atoms with E-state index in [1.165, 1.54) is 0 Å². The molecule has 5 heteroatoms. The van der Waals surface area contributed by atoms with Crippen molar-refractivity contribution in [2.45, 2.75) is 19.6 Å². The van der Waals surface area contributed by atoms with E-state index < -0.39 is 8.07 Å². The minimum atomic E-state index is -1.38. The van der Waals surface area contributed by atoms with E-state index >= 15 is 0 Å². The molecule has 0 aliphatic carbocycles. The second-order valence-corrected chi connectivity index (χ2v) is 12.9. The Morgan fingerprint density at radius 2 is 1.45 bits per heavy atom. The summed E-state index contributed by atoms with van der Waals surface area (Å²) in [5.41, 5.74) is 9.17. The molecule has 0 saturated heterocycles. The van der Waals surface area contributed by atoms with Crippen molar-refractivity contribution in [1.29, 1.82) is 0 Å². The number of nitrogens with one attached hydrogen (secondary N) is 1. The number of fused-ring (bicyclic) bond motifs is 6. The normalized spacial score (nSPS) is 11.7. The third-order valence-electron chi connectivity index (χ3n) is 4.81. The van der Waals surface area contributed by atoms with Gasteiger partial charge in [-0.3, -0.25) is 9.97 Å². The van der Waals surface area contributed by atoms with E-state index in [2.05, 4.69) is 82.5 Å². The minimum absolute atomic E-state index is 0.839. The molecule has 1 N–H and O–H groups in total. The van der Waals surface area contributed by atoms with Gasteiger partial charge in [-0.2, -0.15) is 0 Å². The summed E-state index contributed by atoms with van der Waals surface area (Å²) < 4.78 is 0. The highest BCUT2D eigenvalue weighted by Gasteiger charge is 2.15. The first-order valence-electron chi connectivity index (χ1n) is 9.64. The third-order valence-corrected chi connectivity index (χ3v) is 5.68. The Hall–Kier alpha value is -3.49. The monoisotopic (exact) mass is 392 g/mol. The van der Waals surface area contributed by atoms with Crippen molar-refractivity contribution in [3.63, 3.8) is 0 Å². The van der Waals surface area contributed by atoms with Crippen LogP contribution in [-0.4, -0.2) is 28.0 Å². The fourth-order valence-electron chi connectivity index (χ4n) is 3.45. The Morgan fingerprint density at radius 1 is 0.793 bits per heavy atom. The molecule has 0 aliphatic heterocycles. The molecule has 0 radical (unpaired) electrons. The molecule has 0 saturated carbocycles. The lowest BCUT2D eigenvalue weighted by Crippen LogP contribution is -2.16. The highest BCUT2D eigenvalue weighted by Crippen LogP contribution is 2.33. The van der Waals surface area contributed by atoms with Crippen LogP contribution in [0, 0.1) is 11.5 Å². The van der Waals surface area contributed by atoms with Crippen LogP contribution in [0.4, 0.5) is 0 Å². The number of rotatable bonds is 1. The van der Waals surface area contributed by atoms with Gasteiger partial charge in [0.15, 0.2) is 0 Å². The lowest BCUT2D eigenvalue weighted by molar-refractivity contribution is 1.34. The Balaban J connectivity index is 1.68. The van der Waals surface area contributed by atoms with Crippen LogP contribution < -0.4 is 0 Å². The van der Waals surface area contributed by atoms with Crippen molar-refractivity contribution in [3.8, 4) is 22.9 Å². The lowest BCUT2D eigenvalue weighted by Gasteiger charge is -2.03. The van der Waals surface area contributed by atoms with Crippen LogP contribution in [-0.2, 0) is 0 Å². The smallest absolute Gasteiger partial charge is 0.138 e. The Bertz CT molecular complexity index is 1360. The van der Waals surface area contributed by atoms with Crippen LogP contribution in [0.15, 0.2) is 60.9 Å². The average molecular weight is 393 g/mol. The molecule has 0 unspecified atom stereocenters. The molecule has 29 heavy (non-hydrogen) atoms. The summed E-state index contributed by atoms with van der Waals surface area (Å²) in [6.07, 6.45) is 3.61. The maximum atomic E-state index is 4.92. The van der Waals surface area contributed by atoms with Gasteiger partial charge in [-0.1, -0.05) is 37.7 Å². The number of aromatic nitrogens is 4. The average Bonchev–Trinajstić information content (AvgIpc) is 3.18. The molecule has 3 aromatic heterocycles. The summed E-state index contributed by atoms with van der Waals surface area (Å²) in [5.74, 6) is 4.14. The maximum Gasteiger partial charge on any atom is 0.138 e. The van der Waals surface area contributed by atoms with Crippen LogP contribution in [0.1, 0.15) is 5.56 Å². The van der Waals surface area contributed by atoms with Gasteiger partial charge in [-0.15, -0.1) is 5.54 Å². The summed E-state index contributed by atoms with van der Waals surface area (Å²) in [5, 5.41) is 2.04. The molecule has 0 atom stereocenters. The fraction of sp³-hybridized carbons (Fsp3) is 0.125. The zero-order chi connectivity index (χ0) is 20.0. The SMILES string of the molecule is C[Si](C)(C)C#Cc1ccc(-c2nc3c4cccnc4c4ncccc4c3[nH]2)cc1. The second kappa shape index (κ2) is 6.54. The van der Waals surface area contributed by atoms with Crippen LogP contribution in [0.3, 0.4) is 0 Å². The third kappa shape index (κ3) is 3.18. The summed E-state index contributed by atoms with van der Waals surface area (Å²) in [4.78, 5) is 17.6. The van der Waals surface area contributed by atoms with Crippen LogP contribution >= 0.6 is 0 Å². The van der Waals surface area contributed by atoms with Crippen LogP contribution in [0.25, 0.3) is 44.2 Å². The number of imidazole rings is 1. The summed E-state index contributed by atoms with van der Waals surface area (Å²) in [6.45, 7) is 6.75. The summed E-state index contributed by atoms with van der Waals surface area (Å²) in [7, 11) is -1.38. The van der Waals surface area contributed by atoms with Gasteiger partial charge in [-0.05, 0) is 36.4 Å². The number of hydrogen-bond donors (Lipinski definition) is 1. The van der Waals surface area contributed by atoms with Gasteiger partial charge < -0.3 is 4.98 Å². The van der Waals surface area contributed by atoms with Crippen molar-refractivity contribution in [1.82, 2.24) is 19.9 Å². The summed E-state index contributed by atoms with van der Waals surface area (Å²) >= 11 is 0. The van der Waals surface area contributed by atoms with Crippen molar-refractivity contribution < 1.29 is 0 Å². The highest BCUT2D eigenvalue weighted by atomic mass is 28.3. The molecule has 4 nitrogen and oxygen atoms in total. The molecule has 0 spiro atoms. The lowest BCUT2D eigenvalue weighted by atomic mass is 10.1. The molecule has 140 valence electrons. The van der Waals surface area contributed by atoms with Crippen molar-refractivity contribution in [2.24, 2.45) is 0 Å².